The Bertz CT molecular complexity index is 1190. The Kier molecular flexibility index (Phi) is 7.18. The molecule has 160 valence electrons. The lowest BCUT2D eigenvalue weighted by atomic mass is 10.2. The second kappa shape index (κ2) is 9.66. The number of halogens is 4. The molecule has 1 aromatic heterocycles. The van der Waals surface area contributed by atoms with Gasteiger partial charge in [0.25, 0.3) is 5.91 Å². The summed E-state index contributed by atoms with van der Waals surface area (Å²) in [4.78, 5) is 19.1. The third-order valence-corrected chi connectivity index (χ3v) is 5.18. The van der Waals surface area contributed by atoms with Crippen LogP contribution in [0.15, 0.2) is 34.9 Å². The van der Waals surface area contributed by atoms with Crippen LogP contribution in [0.2, 0.25) is 10.0 Å². The number of nitrogens with one attached hydrogen (secondary N) is 2. The number of aromatic nitrogens is 2. The molecule has 3 rings (SSSR count). The highest BCUT2D eigenvalue weighted by atomic mass is 79.9. The van der Waals surface area contributed by atoms with Gasteiger partial charge < -0.3 is 20.1 Å². The van der Waals surface area contributed by atoms with Crippen LogP contribution in [-0.2, 0) is 6.54 Å². The summed E-state index contributed by atoms with van der Waals surface area (Å²) in [5.41, 5.74) is 0.440. The van der Waals surface area contributed by atoms with E-state index in [1.807, 2.05) is 6.07 Å². The van der Waals surface area contributed by atoms with Crippen LogP contribution in [0.3, 0.4) is 0 Å². The van der Waals surface area contributed by atoms with Crippen LogP contribution in [-0.4, -0.2) is 21.0 Å². The Labute approximate surface area is 194 Å². The maximum Gasteiger partial charge on any atom is 0.270 e. The highest BCUT2D eigenvalue weighted by Crippen LogP contribution is 2.35. The van der Waals surface area contributed by atoms with E-state index in [-0.39, 0.29) is 55.3 Å². The van der Waals surface area contributed by atoms with E-state index in [2.05, 4.69) is 31.2 Å². The van der Waals surface area contributed by atoms with Crippen molar-refractivity contribution in [2.75, 3.05) is 0 Å². The van der Waals surface area contributed by atoms with Crippen LogP contribution in [0.5, 0.6) is 11.5 Å². The van der Waals surface area contributed by atoms with Crippen molar-refractivity contribution in [3.05, 3.63) is 73.4 Å². The Hall–Kier alpha value is -2.64. The number of aliphatic hydroxyl groups is 1. The smallest absolute Gasteiger partial charge is 0.270 e. The first kappa shape index (κ1) is 23.0. The summed E-state index contributed by atoms with van der Waals surface area (Å²) in [6.07, 6.45) is -0.890. The lowest BCUT2D eigenvalue weighted by molar-refractivity contribution is 0.0944. The molecule has 0 bridgehead atoms. The van der Waals surface area contributed by atoms with Gasteiger partial charge in [0.1, 0.15) is 28.0 Å². The first-order valence-electron chi connectivity index (χ1n) is 8.76. The largest absolute Gasteiger partial charge is 0.453 e. The van der Waals surface area contributed by atoms with Crippen molar-refractivity contribution in [2.24, 2.45) is 0 Å². The number of carbonyl (C=O) groups excluding carboxylic acids is 1. The second-order valence-electron chi connectivity index (χ2n) is 6.39. The Morgan fingerprint density at radius 2 is 2.16 bits per heavy atom. The number of ether oxygens (including phenoxy) is 1. The summed E-state index contributed by atoms with van der Waals surface area (Å²) < 4.78 is 20.8. The Morgan fingerprint density at radius 1 is 1.42 bits per heavy atom. The summed E-state index contributed by atoms with van der Waals surface area (Å²) in [7, 11) is 0. The lowest BCUT2D eigenvalue weighted by Gasteiger charge is -2.13. The minimum Gasteiger partial charge on any atom is -0.453 e. The van der Waals surface area contributed by atoms with E-state index in [0.29, 0.717) is 0 Å². The van der Waals surface area contributed by atoms with Crippen molar-refractivity contribution < 1.29 is 19.0 Å². The Morgan fingerprint density at radius 3 is 2.81 bits per heavy atom. The molecule has 0 spiro atoms. The van der Waals surface area contributed by atoms with E-state index in [1.165, 1.54) is 37.3 Å². The fourth-order valence-corrected chi connectivity index (χ4v) is 3.47. The van der Waals surface area contributed by atoms with Gasteiger partial charge in [-0.05, 0) is 47.1 Å². The number of aromatic amines is 1. The predicted octanol–water partition coefficient (Wildman–Crippen LogP) is 5.27. The molecule has 0 aliphatic heterocycles. The molecule has 0 saturated carbocycles. The molecule has 0 radical (unpaired) electrons. The quantitative estimate of drug-likeness (QED) is 0.404. The number of aliphatic hydroxyl groups excluding tert-OH is 1. The molecule has 0 fully saturated rings. The molecule has 7 nitrogen and oxygen atoms in total. The van der Waals surface area contributed by atoms with Crippen LogP contribution in [0, 0.1) is 17.1 Å². The van der Waals surface area contributed by atoms with E-state index in [4.69, 9.17) is 33.2 Å². The Balaban J connectivity index is 1.80. The van der Waals surface area contributed by atoms with Crippen LogP contribution >= 0.6 is 39.1 Å². The standard InChI is InChI=1S/C20H14BrCl2FN4O3/c1-9(29)19-27-16(18(21)28-19)20(30)26-8-11-2-3-14(23)17(15(11)24)31-13-5-10(7-25)4-12(22)6-13/h2-6,9,29H,8H2,1H3,(H,26,30)(H,27,28). The van der Waals surface area contributed by atoms with E-state index in [1.54, 1.807) is 0 Å². The van der Waals surface area contributed by atoms with Crippen molar-refractivity contribution in [1.82, 2.24) is 15.3 Å². The molecule has 1 unspecified atom stereocenters. The van der Waals surface area contributed by atoms with Crippen LogP contribution in [0.4, 0.5) is 4.39 Å². The molecule has 11 heteroatoms. The average Bonchev–Trinajstić information content (AvgIpc) is 3.12. The van der Waals surface area contributed by atoms with Gasteiger partial charge >= 0.3 is 0 Å². The van der Waals surface area contributed by atoms with Gasteiger partial charge in [-0.25, -0.2) is 9.37 Å². The van der Waals surface area contributed by atoms with E-state index >= 15 is 4.39 Å². The summed E-state index contributed by atoms with van der Waals surface area (Å²) >= 11 is 15.2. The number of nitriles is 1. The van der Waals surface area contributed by atoms with Gasteiger partial charge in [-0.2, -0.15) is 5.26 Å². The number of imidazole rings is 1. The van der Waals surface area contributed by atoms with Crippen molar-refractivity contribution in [3.8, 4) is 17.6 Å². The molecule has 0 aliphatic carbocycles. The second-order valence-corrected chi connectivity index (χ2v) is 7.98. The van der Waals surface area contributed by atoms with E-state index in [0.717, 1.165) is 0 Å². The first-order chi connectivity index (χ1) is 14.7. The van der Waals surface area contributed by atoms with E-state index < -0.39 is 17.8 Å². The molecule has 31 heavy (non-hydrogen) atoms. The third kappa shape index (κ3) is 5.35. The van der Waals surface area contributed by atoms with Crippen molar-refractivity contribution in [2.45, 2.75) is 19.6 Å². The number of hydrogen-bond acceptors (Lipinski definition) is 5. The SMILES string of the molecule is CC(O)c1nc(Br)c(C(=O)NCc2ccc(Cl)c(Oc3cc(Cl)cc(C#N)c3)c2F)[nH]1. The van der Waals surface area contributed by atoms with Crippen LogP contribution in [0.1, 0.15) is 40.5 Å². The molecule has 3 N–H and O–H groups in total. The maximum atomic E-state index is 15.0. The number of nitrogens with zero attached hydrogens (tertiary/aromatic N) is 2. The minimum absolute atomic E-state index is 0.00365. The summed E-state index contributed by atoms with van der Waals surface area (Å²) in [6, 6.07) is 9.02. The normalized spacial score (nSPS) is 11.6. The molecule has 0 saturated heterocycles. The van der Waals surface area contributed by atoms with Gasteiger partial charge in [0.05, 0.1) is 16.7 Å². The molecule has 1 heterocycles. The third-order valence-electron chi connectivity index (χ3n) is 4.09. The molecular weight excluding hydrogens is 514 g/mol. The number of amides is 1. The van der Waals surface area contributed by atoms with Gasteiger partial charge in [0, 0.05) is 17.1 Å². The predicted molar refractivity (Wildman–Crippen MR) is 116 cm³/mol. The molecule has 1 atom stereocenters. The number of rotatable bonds is 6. The summed E-state index contributed by atoms with van der Waals surface area (Å²) in [5, 5.41) is 21.4. The van der Waals surface area contributed by atoms with Crippen LogP contribution < -0.4 is 10.1 Å². The lowest BCUT2D eigenvalue weighted by Crippen LogP contribution is -2.24. The van der Waals surface area contributed by atoms with Gasteiger partial charge in [0.15, 0.2) is 11.6 Å². The maximum absolute atomic E-state index is 15.0. The number of hydrogen-bond donors (Lipinski definition) is 3. The number of H-pyrrole nitrogens is 1. The molecule has 3 aromatic rings. The summed E-state index contributed by atoms with van der Waals surface area (Å²) in [6.45, 7) is 1.32. The fourth-order valence-electron chi connectivity index (χ4n) is 2.59. The van der Waals surface area contributed by atoms with E-state index in [9.17, 15) is 9.90 Å². The zero-order valence-electron chi connectivity index (χ0n) is 15.8. The zero-order valence-corrected chi connectivity index (χ0v) is 18.9. The highest BCUT2D eigenvalue weighted by Gasteiger charge is 2.20. The topological polar surface area (TPSA) is 111 Å². The minimum atomic E-state index is -0.890. The monoisotopic (exact) mass is 526 g/mol. The van der Waals surface area contributed by atoms with Gasteiger partial charge in [-0.3, -0.25) is 4.79 Å². The molecular formula is C20H14BrCl2FN4O3. The zero-order chi connectivity index (χ0) is 22.7. The van der Waals surface area contributed by atoms with Crippen molar-refractivity contribution in [3.63, 3.8) is 0 Å². The number of carbonyl (C=O) groups is 1. The van der Waals surface area contributed by atoms with Gasteiger partial charge in [0.2, 0.25) is 0 Å². The molecule has 2 aromatic carbocycles. The first-order valence-corrected chi connectivity index (χ1v) is 10.3. The fraction of sp³-hybridized carbons (Fsp3) is 0.150. The summed E-state index contributed by atoms with van der Waals surface area (Å²) in [5.74, 6) is -1.25. The van der Waals surface area contributed by atoms with Crippen molar-refractivity contribution in [1.29, 1.82) is 5.26 Å². The number of benzene rings is 2. The molecule has 0 aliphatic rings. The highest BCUT2D eigenvalue weighted by molar-refractivity contribution is 9.10. The van der Waals surface area contributed by atoms with Gasteiger partial charge in [-0.1, -0.05) is 29.3 Å². The van der Waals surface area contributed by atoms with Crippen LogP contribution in [0.25, 0.3) is 0 Å². The average molecular weight is 528 g/mol. The van der Waals surface area contributed by atoms with Gasteiger partial charge in [-0.15, -0.1) is 0 Å². The van der Waals surface area contributed by atoms with Crippen molar-refractivity contribution >= 4 is 45.0 Å². The molecule has 1 amide bonds.